The van der Waals surface area contributed by atoms with Crippen molar-refractivity contribution < 1.29 is 8.42 Å². The maximum atomic E-state index is 12.9. The Hall–Kier alpha value is -1.96. The molecule has 5 nitrogen and oxygen atoms in total. The Kier molecular flexibility index (Phi) is 4.58. The van der Waals surface area contributed by atoms with E-state index in [0.29, 0.717) is 17.8 Å². The van der Waals surface area contributed by atoms with Gasteiger partial charge in [-0.25, -0.2) is 8.42 Å². The summed E-state index contributed by atoms with van der Waals surface area (Å²) in [4.78, 5) is 11.9. The SMILES string of the molecule is CCN(Cc1ccccc1)S(=O)(=O)c1ccc2c(c1)sc(=O)n2C. The molecule has 1 aromatic heterocycles. The molecule has 24 heavy (non-hydrogen) atoms. The lowest BCUT2D eigenvalue weighted by Crippen LogP contribution is -2.30. The van der Waals surface area contributed by atoms with Crippen LogP contribution in [0.25, 0.3) is 10.2 Å². The summed E-state index contributed by atoms with van der Waals surface area (Å²) in [6.45, 7) is 2.52. The van der Waals surface area contributed by atoms with Crippen LogP contribution in [0.15, 0.2) is 58.2 Å². The number of hydrogen-bond acceptors (Lipinski definition) is 4. The maximum absolute atomic E-state index is 12.9. The van der Waals surface area contributed by atoms with Gasteiger partial charge in [-0.3, -0.25) is 4.79 Å². The zero-order valence-corrected chi connectivity index (χ0v) is 15.1. The highest BCUT2D eigenvalue weighted by molar-refractivity contribution is 7.89. The van der Waals surface area contributed by atoms with Crippen LogP contribution in [0.1, 0.15) is 12.5 Å². The Morgan fingerprint density at radius 3 is 2.50 bits per heavy atom. The zero-order chi connectivity index (χ0) is 17.3. The largest absolute Gasteiger partial charge is 0.307 e. The quantitative estimate of drug-likeness (QED) is 0.701. The van der Waals surface area contributed by atoms with Crippen molar-refractivity contribution in [1.29, 1.82) is 0 Å². The molecular formula is C17H18N2O3S2. The second-order valence-electron chi connectivity index (χ2n) is 5.47. The van der Waals surface area contributed by atoms with Gasteiger partial charge in [-0.2, -0.15) is 4.31 Å². The summed E-state index contributed by atoms with van der Waals surface area (Å²) in [7, 11) is -1.93. The average molecular weight is 362 g/mol. The highest BCUT2D eigenvalue weighted by atomic mass is 32.2. The Bertz CT molecular complexity index is 1020. The van der Waals surface area contributed by atoms with Crippen molar-refractivity contribution >= 4 is 31.6 Å². The minimum absolute atomic E-state index is 0.101. The van der Waals surface area contributed by atoms with Crippen LogP contribution in [0, 0.1) is 0 Å². The molecule has 0 radical (unpaired) electrons. The summed E-state index contributed by atoms with van der Waals surface area (Å²) in [5.41, 5.74) is 1.68. The molecule has 1 heterocycles. The van der Waals surface area contributed by atoms with E-state index in [2.05, 4.69) is 0 Å². The predicted molar refractivity (Wildman–Crippen MR) is 96.8 cm³/mol. The number of nitrogens with zero attached hydrogens (tertiary/aromatic N) is 2. The van der Waals surface area contributed by atoms with Gasteiger partial charge in [0, 0.05) is 20.1 Å². The zero-order valence-electron chi connectivity index (χ0n) is 13.5. The van der Waals surface area contributed by atoms with Crippen molar-refractivity contribution in [3.63, 3.8) is 0 Å². The third-order valence-corrected chi connectivity index (χ3v) is 6.87. The molecule has 0 N–H and O–H groups in total. The van der Waals surface area contributed by atoms with E-state index in [1.165, 1.54) is 8.87 Å². The molecule has 0 saturated heterocycles. The Labute approximate surface area is 144 Å². The smallest absolute Gasteiger partial charge is 0.302 e. The second kappa shape index (κ2) is 6.51. The van der Waals surface area contributed by atoms with Crippen LogP contribution in [0.5, 0.6) is 0 Å². The fourth-order valence-electron chi connectivity index (χ4n) is 2.58. The van der Waals surface area contributed by atoms with Gasteiger partial charge in [-0.05, 0) is 23.8 Å². The Morgan fingerprint density at radius 1 is 1.12 bits per heavy atom. The molecular weight excluding hydrogens is 344 g/mol. The molecule has 0 amide bonds. The van der Waals surface area contributed by atoms with E-state index in [9.17, 15) is 13.2 Å². The molecule has 0 atom stereocenters. The fraction of sp³-hybridized carbons (Fsp3) is 0.235. The van der Waals surface area contributed by atoms with E-state index in [1.807, 2.05) is 37.3 Å². The van der Waals surface area contributed by atoms with E-state index in [1.54, 1.807) is 25.2 Å². The van der Waals surface area contributed by atoms with Crippen molar-refractivity contribution in [3.8, 4) is 0 Å². The predicted octanol–water partition coefficient (Wildman–Crippen LogP) is 2.81. The summed E-state index contributed by atoms with van der Waals surface area (Å²) < 4.78 is 29.5. The molecule has 2 aromatic carbocycles. The van der Waals surface area contributed by atoms with Crippen LogP contribution in [-0.2, 0) is 23.6 Å². The number of thiazole rings is 1. The number of aryl methyl sites for hydroxylation is 1. The Morgan fingerprint density at radius 2 is 1.83 bits per heavy atom. The van der Waals surface area contributed by atoms with Crippen LogP contribution < -0.4 is 4.87 Å². The lowest BCUT2D eigenvalue weighted by atomic mass is 10.2. The Balaban J connectivity index is 2.00. The van der Waals surface area contributed by atoms with Gasteiger partial charge in [0.2, 0.25) is 10.0 Å². The molecule has 0 spiro atoms. The summed E-state index contributed by atoms with van der Waals surface area (Å²) in [5.74, 6) is 0. The minimum atomic E-state index is -3.62. The molecule has 0 unspecified atom stereocenters. The van der Waals surface area contributed by atoms with E-state index >= 15 is 0 Å². The van der Waals surface area contributed by atoms with Crippen molar-refractivity contribution in [2.24, 2.45) is 7.05 Å². The van der Waals surface area contributed by atoms with Crippen LogP contribution in [0.3, 0.4) is 0 Å². The average Bonchev–Trinajstić information content (AvgIpc) is 2.87. The second-order valence-corrected chi connectivity index (χ2v) is 8.40. The highest BCUT2D eigenvalue weighted by Crippen LogP contribution is 2.24. The van der Waals surface area contributed by atoms with Gasteiger partial charge < -0.3 is 4.57 Å². The van der Waals surface area contributed by atoms with Gasteiger partial charge in [0.05, 0.1) is 15.1 Å². The molecule has 0 aliphatic carbocycles. The van der Waals surface area contributed by atoms with E-state index < -0.39 is 10.0 Å². The number of rotatable bonds is 5. The topological polar surface area (TPSA) is 59.4 Å². The number of fused-ring (bicyclic) bond motifs is 1. The molecule has 0 bridgehead atoms. The number of hydrogen-bond donors (Lipinski definition) is 0. The number of benzene rings is 2. The van der Waals surface area contributed by atoms with Crippen LogP contribution in [-0.4, -0.2) is 23.8 Å². The normalized spacial score (nSPS) is 12.1. The summed E-state index contributed by atoms with van der Waals surface area (Å²) in [6, 6.07) is 14.3. The van der Waals surface area contributed by atoms with Gasteiger partial charge in [-0.15, -0.1) is 0 Å². The van der Waals surface area contributed by atoms with E-state index in [4.69, 9.17) is 0 Å². The van der Waals surface area contributed by atoms with Crippen molar-refractivity contribution in [2.75, 3.05) is 6.54 Å². The first kappa shape index (κ1) is 16.9. The fourth-order valence-corrected chi connectivity index (χ4v) is 5.03. The molecule has 7 heteroatoms. The molecule has 3 rings (SSSR count). The minimum Gasteiger partial charge on any atom is -0.302 e. The number of aromatic nitrogens is 1. The monoisotopic (exact) mass is 362 g/mol. The summed E-state index contributed by atoms with van der Waals surface area (Å²) in [6.07, 6.45) is 0. The first-order valence-electron chi connectivity index (χ1n) is 7.57. The number of sulfonamides is 1. The standard InChI is InChI=1S/C17H18N2O3S2/c1-3-19(12-13-7-5-4-6-8-13)24(21,22)14-9-10-15-16(11-14)23-17(20)18(15)2/h4-11H,3,12H2,1-2H3. The molecule has 0 aliphatic heterocycles. The lowest BCUT2D eigenvalue weighted by Gasteiger charge is -2.20. The highest BCUT2D eigenvalue weighted by Gasteiger charge is 2.24. The van der Waals surface area contributed by atoms with E-state index in [-0.39, 0.29) is 9.77 Å². The maximum Gasteiger partial charge on any atom is 0.307 e. The molecule has 126 valence electrons. The van der Waals surface area contributed by atoms with Gasteiger partial charge in [0.1, 0.15) is 0 Å². The van der Waals surface area contributed by atoms with Crippen LogP contribution in [0.2, 0.25) is 0 Å². The molecule has 0 aliphatic rings. The molecule has 0 saturated carbocycles. The summed E-state index contributed by atoms with van der Waals surface area (Å²) in [5, 5.41) is 0. The van der Waals surface area contributed by atoms with Gasteiger partial charge in [-0.1, -0.05) is 48.6 Å². The van der Waals surface area contributed by atoms with Crippen molar-refractivity contribution in [2.45, 2.75) is 18.4 Å². The van der Waals surface area contributed by atoms with Crippen molar-refractivity contribution in [3.05, 3.63) is 63.8 Å². The van der Waals surface area contributed by atoms with Crippen LogP contribution >= 0.6 is 11.3 Å². The van der Waals surface area contributed by atoms with Crippen LogP contribution in [0.4, 0.5) is 0 Å². The first-order valence-corrected chi connectivity index (χ1v) is 9.83. The van der Waals surface area contributed by atoms with Gasteiger partial charge >= 0.3 is 4.87 Å². The van der Waals surface area contributed by atoms with Gasteiger partial charge in [0.15, 0.2) is 0 Å². The molecule has 0 fully saturated rings. The van der Waals surface area contributed by atoms with Crippen molar-refractivity contribution in [1.82, 2.24) is 8.87 Å². The third-order valence-electron chi connectivity index (χ3n) is 3.96. The summed E-state index contributed by atoms with van der Waals surface area (Å²) >= 11 is 1.06. The third kappa shape index (κ3) is 3.02. The van der Waals surface area contributed by atoms with E-state index in [0.717, 1.165) is 22.4 Å². The van der Waals surface area contributed by atoms with Gasteiger partial charge in [0.25, 0.3) is 0 Å². The first-order chi connectivity index (χ1) is 11.4. The lowest BCUT2D eigenvalue weighted by molar-refractivity contribution is 0.423. The molecule has 3 aromatic rings.